The predicted octanol–water partition coefficient (Wildman–Crippen LogP) is 9.02. The summed E-state index contributed by atoms with van der Waals surface area (Å²) in [5.41, 5.74) is 0. The first-order valence-electron chi connectivity index (χ1n) is 18.6. The highest BCUT2D eigenvalue weighted by molar-refractivity contribution is 5.72. The molecule has 0 bridgehead atoms. The maximum Gasteiger partial charge on any atom is 0.362 e. The highest BCUT2D eigenvalue weighted by atomic mass is 16.6. The molecule has 0 saturated heterocycles. The van der Waals surface area contributed by atoms with Crippen molar-refractivity contribution in [1.82, 2.24) is 0 Å². The minimum atomic E-state index is -0.874. The van der Waals surface area contributed by atoms with Gasteiger partial charge < -0.3 is 23.8 Å². The lowest BCUT2D eigenvalue weighted by Crippen LogP contribution is -2.50. The number of esters is 2. The van der Waals surface area contributed by atoms with Gasteiger partial charge in [0.1, 0.15) is 6.61 Å². The van der Waals surface area contributed by atoms with Crippen molar-refractivity contribution in [3.63, 3.8) is 0 Å². The average molecular weight is 643 g/mol. The molecule has 0 saturated carbocycles. The fourth-order valence-corrected chi connectivity index (χ4v) is 5.56. The van der Waals surface area contributed by atoms with Crippen molar-refractivity contribution in [3.8, 4) is 0 Å². The number of carboxylic acids is 1. The molecule has 0 aromatic rings. The summed E-state index contributed by atoms with van der Waals surface area (Å²) in [6.07, 6.45) is 26.0. The third kappa shape index (κ3) is 28.3. The Morgan fingerprint density at radius 2 is 0.978 bits per heavy atom. The first-order chi connectivity index (χ1) is 21.6. The zero-order valence-corrected chi connectivity index (χ0v) is 30.1. The second-order valence-corrected chi connectivity index (χ2v) is 13.8. The first kappa shape index (κ1) is 43.3. The summed E-state index contributed by atoms with van der Waals surface area (Å²) in [5.74, 6) is -1.47. The van der Waals surface area contributed by atoms with Gasteiger partial charge in [-0.05, 0) is 12.8 Å². The van der Waals surface area contributed by atoms with Crippen LogP contribution in [0.2, 0.25) is 0 Å². The molecular formula is C37H72NO7+. The number of quaternary nitrogens is 1. The number of aliphatic carboxylic acids is 1. The standard InChI is InChI=1S/C37H71NO7/c1-6-8-10-12-13-14-15-16-17-18-19-20-21-22-24-26-28-36(40)45-33(32-44-35(39)27-25-23-11-9-7-2)31-43-30-29-34(37(41)42)38(3,4)5/h33-34H,6-32H2,1-5H3/p+1. The van der Waals surface area contributed by atoms with Crippen molar-refractivity contribution >= 4 is 17.9 Å². The van der Waals surface area contributed by atoms with E-state index in [0.717, 1.165) is 44.9 Å². The fraction of sp³-hybridized carbons (Fsp3) is 0.919. The van der Waals surface area contributed by atoms with Crippen LogP contribution in [0.5, 0.6) is 0 Å². The Hall–Kier alpha value is -1.67. The van der Waals surface area contributed by atoms with Gasteiger partial charge in [-0.1, -0.05) is 136 Å². The zero-order chi connectivity index (χ0) is 33.6. The van der Waals surface area contributed by atoms with Crippen molar-refractivity contribution in [2.24, 2.45) is 0 Å². The summed E-state index contributed by atoms with van der Waals surface area (Å²) < 4.78 is 17.1. The summed E-state index contributed by atoms with van der Waals surface area (Å²) in [7, 11) is 5.51. The van der Waals surface area contributed by atoms with Gasteiger partial charge in [0.2, 0.25) is 0 Å². The Bertz CT molecular complexity index is 722. The van der Waals surface area contributed by atoms with Crippen LogP contribution in [0.1, 0.15) is 168 Å². The number of carbonyl (C=O) groups excluding carboxylic acids is 2. The molecular weight excluding hydrogens is 570 g/mol. The van der Waals surface area contributed by atoms with E-state index >= 15 is 0 Å². The Morgan fingerprint density at radius 1 is 0.578 bits per heavy atom. The second kappa shape index (κ2) is 29.7. The topological polar surface area (TPSA) is 99.1 Å². The lowest BCUT2D eigenvalue weighted by Gasteiger charge is -2.31. The third-order valence-corrected chi connectivity index (χ3v) is 8.51. The quantitative estimate of drug-likeness (QED) is 0.0433. The molecule has 0 spiro atoms. The van der Waals surface area contributed by atoms with E-state index in [1.54, 1.807) is 0 Å². The fourth-order valence-electron chi connectivity index (χ4n) is 5.56. The van der Waals surface area contributed by atoms with Crippen molar-refractivity contribution in [1.29, 1.82) is 0 Å². The van der Waals surface area contributed by atoms with Gasteiger partial charge in [-0.2, -0.15) is 0 Å². The van der Waals surface area contributed by atoms with E-state index in [-0.39, 0.29) is 36.2 Å². The van der Waals surface area contributed by atoms with Gasteiger partial charge >= 0.3 is 17.9 Å². The van der Waals surface area contributed by atoms with E-state index in [9.17, 15) is 19.5 Å². The van der Waals surface area contributed by atoms with Gasteiger partial charge in [0.15, 0.2) is 12.1 Å². The van der Waals surface area contributed by atoms with Crippen molar-refractivity contribution in [2.75, 3.05) is 41.0 Å². The number of hydrogen-bond donors (Lipinski definition) is 1. The maximum atomic E-state index is 12.6. The van der Waals surface area contributed by atoms with Gasteiger partial charge in [-0.25, -0.2) is 4.79 Å². The number of ether oxygens (including phenoxy) is 3. The Kier molecular flexibility index (Phi) is 28.6. The van der Waals surface area contributed by atoms with Crippen molar-refractivity contribution < 1.29 is 38.2 Å². The van der Waals surface area contributed by atoms with Gasteiger partial charge in [0.25, 0.3) is 0 Å². The van der Waals surface area contributed by atoms with E-state index in [4.69, 9.17) is 14.2 Å². The summed E-state index contributed by atoms with van der Waals surface area (Å²) in [6, 6.07) is -0.605. The molecule has 0 aromatic heterocycles. The predicted molar refractivity (Wildman–Crippen MR) is 183 cm³/mol. The number of hydrogen-bond acceptors (Lipinski definition) is 6. The van der Waals surface area contributed by atoms with Crippen molar-refractivity contribution in [3.05, 3.63) is 0 Å². The normalized spacial score (nSPS) is 13.0. The summed E-state index contributed by atoms with van der Waals surface area (Å²) in [5, 5.41) is 9.54. The van der Waals surface area contributed by atoms with Crippen LogP contribution in [0.25, 0.3) is 0 Å². The monoisotopic (exact) mass is 643 g/mol. The van der Waals surface area contributed by atoms with Crippen LogP contribution >= 0.6 is 0 Å². The SMILES string of the molecule is CCCCCCCCCCCCCCCCCCC(=O)OC(COCCC(C(=O)O)[N+](C)(C)C)COC(=O)CCCCCCC. The molecule has 8 heteroatoms. The Balaban J connectivity index is 4.25. The minimum absolute atomic E-state index is 0.0455. The van der Waals surface area contributed by atoms with Gasteiger partial charge in [-0.15, -0.1) is 0 Å². The lowest BCUT2D eigenvalue weighted by molar-refractivity contribution is -0.887. The van der Waals surface area contributed by atoms with Crippen LogP contribution in [0, 0.1) is 0 Å². The van der Waals surface area contributed by atoms with E-state index in [1.807, 2.05) is 21.1 Å². The summed E-state index contributed by atoms with van der Waals surface area (Å²) in [4.78, 5) is 36.5. The maximum absolute atomic E-state index is 12.6. The molecule has 0 aliphatic carbocycles. The molecule has 0 radical (unpaired) electrons. The Labute approximate surface area is 276 Å². The van der Waals surface area contributed by atoms with Crippen LogP contribution in [0.4, 0.5) is 0 Å². The van der Waals surface area contributed by atoms with Crippen molar-refractivity contribution in [2.45, 2.75) is 180 Å². The molecule has 0 amide bonds. The highest BCUT2D eigenvalue weighted by Gasteiger charge is 2.31. The van der Waals surface area contributed by atoms with Crippen LogP contribution in [-0.2, 0) is 28.6 Å². The lowest BCUT2D eigenvalue weighted by atomic mass is 10.0. The number of unbranched alkanes of at least 4 members (excludes halogenated alkanes) is 19. The van der Waals surface area contributed by atoms with Crippen LogP contribution in [0.3, 0.4) is 0 Å². The molecule has 0 fully saturated rings. The average Bonchev–Trinajstić information content (AvgIpc) is 2.98. The number of carboxylic acid groups (broad SMARTS) is 1. The van der Waals surface area contributed by atoms with E-state index in [0.29, 0.717) is 19.3 Å². The van der Waals surface area contributed by atoms with E-state index in [1.165, 1.54) is 89.9 Å². The summed E-state index contributed by atoms with van der Waals surface area (Å²) in [6.45, 7) is 4.66. The first-order valence-corrected chi connectivity index (χ1v) is 18.6. The smallest absolute Gasteiger partial charge is 0.362 e. The molecule has 1 N–H and O–H groups in total. The molecule has 0 aliphatic heterocycles. The Morgan fingerprint density at radius 3 is 1.38 bits per heavy atom. The molecule has 2 atom stereocenters. The molecule has 45 heavy (non-hydrogen) atoms. The largest absolute Gasteiger partial charge is 0.477 e. The molecule has 0 heterocycles. The highest BCUT2D eigenvalue weighted by Crippen LogP contribution is 2.15. The van der Waals surface area contributed by atoms with E-state index < -0.39 is 18.1 Å². The molecule has 0 aliphatic rings. The van der Waals surface area contributed by atoms with Gasteiger partial charge in [0, 0.05) is 19.3 Å². The number of rotatable bonds is 33. The van der Waals surface area contributed by atoms with Crippen LogP contribution < -0.4 is 0 Å². The van der Waals surface area contributed by atoms with Crippen LogP contribution in [-0.4, -0.2) is 80.6 Å². The number of nitrogens with zero attached hydrogens (tertiary/aromatic N) is 1. The third-order valence-electron chi connectivity index (χ3n) is 8.51. The van der Waals surface area contributed by atoms with E-state index in [2.05, 4.69) is 13.8 Å². The second-order valence-electron chi connectivity index (χ2n) is 13.8. The summed E-state index contributed by atoms with van der Waals surface area (Å²) >= 11 is 0. The molecule has 8 nitrogen and oxygen atoms in total. The molecule has 266 valence electrons. The molecule has 2 unspecified atom stereocenters. The van der Waals surface area contributed by atoms with Gasteiger partial charge in [0.05, 0.1) is 34.4 Å². The molecule has 0 aromatic carbocycles. The van der Waals surface area contributed by atoms with Crippen LogP contribution in [0.15, 0.2) is 0 Å². The minimum Gasteiger partial charge on any atom is -0.477 e. The number of likely N-dealkylation sites (N-methyl/N-ethyl adjacent to an activating group) is 1. The van der Waals surface area contributed by atoms with Gasteiger partial charge in [-0.3, -0.25) is 9.59 Å². The zero-order valence-electron chi connectivity index (χ0n) is 30.1. The number of carbonyl (C=O) groups is 3. The molecule has 0 rings (SSSR count).